The fourth-order valence-electron chi connectivity index (χ4n) is 4.39. The number of aromatic nitrogens is 2. The van der Waals surface area contributed by atoms with Crippen LogP contribution in [-0.2, 0) is 17.8 Å². The smallest absolute Gasteiger partial charge is 0.318 e. The van der Waals surface area contributed by atoms with Crippen LogP contribution < -0.4 is 15.4 Å². The molecule has 0 saturated carbocycles. The van der Waals surface area contributed by atoms with Crippen molar-refractivity contribution in [2.45, 2.75) is 33.2 Å². The number of rotatable bonds is 9. The third-order valence-electron chi connectivity index (χ3n) is 6.37. The van der Waals surface area contributed by atoms with Crippen LogP contribution in [0.3, 0.4) is 0 Å². The zero-order valence-electron chi connectivity index (χ0n) is 23.0. The van der Waals surface area contributed by atoms with E-state index in [2.05, 4.69) is 34.4 Å². The molecule has 38 heavy (non-hydrogen) atoms. The number of phenolic OH excluding ortho intramolecular Hbond substituents is 1. The summed E-state index contributed by atoms with van der Waals surface area (Å²) in [6.07, 6.45) is 3.12. The zero-order valence-corrected chi connectivity index (χ0v) is 23.0. The lowest BCUT2D eigenvalue weighted by atomic mass is 10.0. The van der Waals surface area contributed by atoms with E-state index in [1.54, 1.807) is 11.0 Å². The first-order valence-electron chi connectivity index (χ1n) is 13.1. The number of nitrogen functional groups attached to an aromatic ring is 1. The molecule has 9 nitrogen and oxygen atoms in total. The standard InChI is InChI=1S/C21H25N5O2.C8H15NO/c1-25(2)9-10-28-21-23-18-13-26(8-7-17(18)20(22)24-21)19-12-15(27)11-14-5-3-4-6-16(14)19;1-4-7-9(6-3)8(10)5-2/h3-6,11-12,27H,7-10,13H2,1-2H3,(H2,22,23,24);5H,2,4,6-7H2,1,3H3. The maximum atomic E-state index is 10.9. The summed E-state index contributed by atoms with van der Waals surface area (Å²) >= 11 is 0. The van der Waals surface area contributed by atoms with Gasteiger partial charge in [-0.25, -0.2) is 0 Å². The van der Waals surface area contributed by atoms with Crippen molar-refractivity contribution in [2.24, 2.45) is 0 Å². The molecule has 0 aliphatic carbocycles. The average molecular weight is 521 g/mol. The van der Waals surface area contributed by atoms with E-state index in [0.29, 0.717) is 25.0 Å². The number of nitrogens with zero attached hydrogens (tertiary/aromatic N) is 5. The van der Waals surface area contributed by atoms with Crippen LogP contribution in [0.4, 0.5) is 11.5 Å². The number of hydrogen-bond donors (Lipinski definition) is 2. The number of amides is 1. The number of carbonyl (C=O) groups is 1. The Bertz CT molecular complexity index is 1250. The maximum absolute atomic E-state index is 10.9. The van der Waals surface area contributed by atoms with E-state index in [-0.39, 0.29) is 11.7 Å². The van der Waals surface area contributed by atoms with Gasteiger partial charge in [0.2, 0.25) is 5.91 Å². The molecule has 0 saturated heterocycles. The molecule has 2 heterocycles. The van der Waals surface area contributed by atoms with Crippen LogP contribution >= 0.6 is 0 Å². The highest BCUT2D eigenvalue weighted by molar-refractivity contribution is 5.95. The minimum atomic E-state index is 0.0318. The van der Waals surface area contributed by atoms with E-state index < -0.39 is 0 Å². The highest BCUT2D eigenvalue weighted by Crippen LogP contribution is 2.35. The summed E-state index contributed by atoms with van der Waals surface area (Å²) in [5, 5.41) is 12.3. The molecule has 0 unspecified atom stereocenters. The molecule has 0 radical (unpaired) electrons. The van der Waals surface area contributed by atoms with Crippen molar-refractivity contribution in [3.8, 4) is 11.8 Å². The van der Waals surface area contributed by atoms with E-state index in [0.717, 1.165) is 66.7 Å². The summed E-state index contributed by atoms with van der Waals surface area (Å²) in [4.78, 5) is 25.9. The molecule has 1 aliphatic rings. The predicted molar refractivity (Wildman–Crippen MR) is 154 cm³/mol. The molecule has 0 spiro atoms. The van der Waals surface area contributed by atoms with Gasteiger partial charge in [0.15, 0.2) is 0 Å². The minimum Gasteiger partial charge on any atom is -0.508 e. The first kappa shape index (κ1) is 28.7. The van der Waals surface area contributed by atoms with Crippen molar-refractivity contribution in [1.29, 1.82) is 0 Å². The van der Waals surface area contributed by atoms with Gasteiger partial charge >= 0.3 is 6.01 Å². The summed E-state index contributed by atoms with van der Waals surface area (Å²) in [5.74, 6) is 0.782. The van der Waals surface area contributed by atoms with Gasteiger partial charge in [-0.2, -0.15) is 9.97 Å². The lowest BCUT2D eigenvalue weighted by Gasteiger charge is -2.31. The van der Waals surface area contributed by atoms with Gasteiger partial charge in [0, 0.05) is 48.9 Å². The molecule has 3 aromatic rings. The third-order valence-corrected chi connectivity index (χ3v) is 6.37. The number of hydrogen-bond acceptors (Lipinski definition) is 8. The molecule has 0 atom stereocenters. The van der Waals surface area contributed by atoms with Gasteiger partial charge in [-0.05, 0) is 51.4 Å². The molecule has 4 rings (SSSR count). The van der Waals surface area contributed by atoms with Crippen LogP contribution in [0.25, 0.3) is 10.8 Å². The molecule has 1 aromatic heterocycles. The topological polar surface area (TPSA) is 108 Å². The number of fused-ring (bicyclic) bond motifs is 2. The molecule has 204 valence electrons. The summed E-state index contributed by atoms with van der Waals surface area (Å²) in [6.45, 7) is 11.7. The molecular weight excluding hydrogens is 480 g/mol. The van der Waals surface area contributed by atoms with Crippen molar-refractivity contribution < 1.29 is 14.6 Å². The van der Waals surface area contributed by atoms with Gasteiger partial charge in [-0.15, -0.1) is 0 Å². The van der Waals surface area contributed by atoms with Gasteiger partial charge in [-0.1, -0.05) is 37.8 Å². The summed E-state index contributed by atoms with van der Waals surface area (Å²) in [5.41, 5.74) is 9.03. The van der Waals surface area contributed by atoms with Gasteiger partial charge in [0.1, 0.15) is 18.2 Å². The number of aromatic hydroxyl groups is 1. The van der Waals surface area contributed by atoms with E-state index in [1.165, 1.54) is 6.08 Å². The third kappa shape index (κ3) is 7.35. The van der Waals surface area contributed by atoms with Crippen molar-refractivity contribution in [3.63, 3.8) is 0 Å². The zero-order chi connectivity index (χ0) is 27.7. The Kier molecular flexibility index (Phi) is 10.3. The van der Waals surface area contributed by atoms with Gasteiger partial charge in [0.05, 0.1) is 12.2 Å². The molecule has 1 amide bonds. The highest BCUT2D eigenvalue weighted by atomic mass is 16.5. The molecule has 0 fully saturated rings. The second kappa shape index (κ2) is 13.6. The monoisotopic (exact) mass is 520 g/mol. The fraction of sp³-hybridized carbons (Fsp3) is 0.414. The molecule has 3 N–H and O–H groups in total. The van der Waals surface area contributed by atoms with Crippen LogP contribution in [0.5, 0.6) is 11.8 Å². The fourth-order valence-corrected chi connectivity index (χ4v) is 4.39. The number of nitrogens with two attached hydrogens (primary N) is 1. The second-order valence-corrected chi connectivity index (χ2v) is 9.45. The van der Waals surface area contributed by atoms with Gasteiger partial charge < -0.3 is 30.3 Å². The van der Waals surface area contributed by atoms with E-state index in [1.807, 2.05) is 50.2 Å². The number of benzene rings is 2. The van der Waals surface area contributed by atoms with Crippen LogP contribution in [0.15, 0.2) is 49.1 Å². The first-order valence-corrected chi connectivity index (χ1v) is 13.1. The van der Waals surface area contributed by atoms with Crippen molar-refractivity contribution >= 4 is 28.2 Å². The average Bonchev–Trinajstić information content (AvgIpc) is 2.90. The van der Waals surface area contributed by atoms with Crippen LogP contribution in [0.1, 0.15) is 31.5 Å². The maximum Gasteiger partial charge on any atom is 0.318 e. The van der Waals surface area contributed by atoms with Crippen LogP contribution in [-0.4, -0.2) is 77.7 Å². The normalized spacial score (nSPS) is 12.5. The minimum absolute atomic E-state index is 0.0318. The van der Waals surface area contributed by atoms with Crippen LogP contribution in [0, 0.1) is 0 Å². The lowest BCUT2D eigenvalue weighted by Crippen LogP contribution is -2.32. The van der Waals surface area contributed by atoms with E-state index in [4.69, 9.17) is 10.5 Å². The number of likely N-dealkylation sites (N-methyl/N-ethyl adjacent to an activating group) is 2. The molecular formula is C29H40N6O3. The Balaban J connectivity index is 0.000000342. The second-order valence-electron chi connectivity index (χ2n) is 9.45. The lowest BCUT2D eigenvalue weighted by molar-refractivity contribution is -0.125. The number of phenols is 1. The van der Waals surface area contributed by atoms with Gasteiger partial charge in [0.25, 0.3) is 0 Å². The largest absolute Gasteiger partial charge is 0.508 e. The summed E-state index contributed by atoms with van der Waals surface area (Å²) < 4.78 is 5.69. The number of anilines is 2. The summed E-state index contributed by atoms with van der Waals surface area (Å²) in [6, 6.07) is 12.0. The Morgan fingerprint density at radius 3 is 2.66 bits per heavy atom. The van der Waals surface area contributed by atoms with Crippen LogP contribution in [0.2, 0.25) is 0 Å². The van der Waals surface area contributed by atoms with Crippen molar-refractivity contribution in [3.05, 3.63) is 60.3 Å². The van der Waals surface area contributed by atoms with Crippen molar-refractivity contribution in [1.82, 2.24) is 19.8 Å². The summed E-state index contributed by atoms with van der Waals surface area (Å²) in [7, 11) is 3.98. The number of carbonyl (C=O) groups excluding carboxylic acids is 1. The Morgan fingerprint density at radius 2 is 1.97 bits per heavy atom. The molecule has 2 aromatic carbocycles. The molecule has 9 heteroatoms. The molecule has 0 bridgehead atoms. The van der Waals surface area contributed by atoms with E-state index >= 15 is 0 Å². The quantitative estimate of drug-likeness (QED) is 0.410. The Labute approximate surface area is 225 Å². The van der Waals surface area contributed by atoms with Crippen molar-refractivity contribution in [2.75, 3.05) is 57.5 Å². The van der Waals surface area contributed by atoms with E-state index in [9.17, 15) is 9.90 Å². The predicted octanol–water partition coefficient (Wildman–Crippen LogP) is 3.85. The Morgan fingerprint density at radius 1 is 1.21 bits per heavy atom. The highest BCUT2D eigenvalue weighted by Gasteiger charge is 2.23. The first-order chi connectivity index (χ1) is 18.3. The number of ether oxygens (including phenoxy) is 1. The Hall–Kier alpha value is -3.85. The molecule has 1 aliphatic heterocycles. The van der Waals surface area contributed by atoms with Gasteiger partial charge in [-0.3, -0.25) is 4.79 Å². The SMILES string of the molecule is C=CC(=O)N(CC)CCC.CN(C)CCOc1nc(N)c2c(n1)CN(c1cc(O)cc3ccccc13)CC2.